The van der Waals surface area contributed by atoms with E-state index in [-0.39, 0.29) is 37.0 Å². The van der Waals surface area contributed by atoms with Crippen molar-refractivity contribution in [1.29, 1.82) is 0 Å². The number of carbonyl (C=O) groups is 3. The average Bonchev–Trinajstić information content (AvgIpc) is 1.76. The number of carbonyl (C=O) groups excluding carboxylic acids is 3. The van der Waals surface area contributed by atoms with Crippen molar-refractivity contribution in [2.75, 3.05) is 68.3 Å². The van der Waals surface area contributed by atoms with Gasteiger partial charge in [0, 0.05) is 178 Å². The van der Waals surface area contributed by atoms with Crippen LogP contribution in [-0.4, -0.2) is 147 Å². The van der Waals surface area contributed by atoms with Crippen LogP contribution in [0.25, 0.3) is 99.2 Å². The molecule has 3 saturated heterocycles. The zero-order valence-corrected chi connectivity index (χ0v) is 53.2. The minimum absolute atomic E-state index is 0.000220. The van der Waals surface area contributed by atoms with Crippen LogP contribution >= 0.6 is 0 Å². The second-order valence-electron chi connectivity index (χ2n) is 25.3. The average molecular weight is 1240 g/mol. The van der Waals surface area contributed by atoms with Crippen molar-refractivity contribution in [3.8, 4) is 33.4 Å². The number of nitrogens with one attached hydrogen (secondary N) is 5. The van der Waals surface area contributed by atoms with Crippen LogP contribution in [0.5, 0.6) is 0 Å². The summed E-state index contributed by atoms with van der Waals surface area (Å²) in [5, 5.41) is 20.4. The molecule has 0 bridgehead atoms. The van der Waals surface area contributed by atoms with E-state index in [1.165, 1.54) is 27.2 Å². The monoisotopic (exact) mass is 1240 g/mol. The molecule has 3 fully saturated rings. The summed E-state index contributed by atoms with van der Waals surface area (Å²) in [5.41, 5.74) is 23.2. The molecule has 9 heterocycles. The molecule has 3 amide bonds. The van der Waals surface area contributed by atoms with Gasteiger partial charge in [0.15, 0.2) is 0 Å². The Morgan fingerprint density at radius 2 is 0.914 bits per heavy atom. The van der Waals surface area contributed by atoms with E-state index < -0.39 is 11.7 Å². The summed E-state index contributed by atoms with van der Waals surface area (Å²) in [6, 6.07) is 39.1. The van der Waals surface area contributed by atoms with Crippen LogP contribution in [0.15, 0.2) is 165 Å². The number of aryl methyl sites for hydroxylation is 3. The number of anilines is 3. The van der Waals surface area contributed by atoms with Gasteiger partial charge in [0.1, 0.15) is 12.1 Å². The Morgan fingerprint density at radius 3 is 1.30 bits per heavy atom. The smallest absolute Gasteiger partial charge is 0.408 e. The van der Waals surface area contributed by atoms with Gasteiger partial charge in [0.05, 0.1) is 39.6 Å². The second-order valence-corrected chi connectivity index (χ2v) is 25.3. The third-order valence-corrected chi connectivity index (χ3v) is 17.5. The van der Waals surface area contributed by atoms with Crippen LogP contribution in [0, 0.1) is 0 Å². The van der Waals surface area contributed by atoms with Crippen LogP contribution < -0.4 is 32.3 Å². The van der Waals surface area contributed by atoms with Crippen molar-refractivity contribution >= 4 is 101 Å². The maximum Gasteiger partial charge on any atom is 0.408 e. The first-order chi connectivity index (χ1) is 45.1. The molecule has 15 rings (SSSR count). The summed E-state index contributed by atoms with van der Waals surface area (Å²) in [4.78, 5) is 67.5. The molecule has 21 nitrogen and oxygen atoms in total. The highest BCUT2D eigenvalue weighted by Crippen LogP contribution is 2.37. The number of ether oxygens (including phenoxy) is 1. The maximum atomic E-state index is 12.6. The second kappa shape index (κ2) is 26.4. The zero-order chi connectivity index (χ0) is 64.3. The highest BCUT2D eigenvalue weighted by atomic mass is 16.6. The van der Waals surface area contributed by atoms with Gasteiger partial charge in [0.25, 0.3) is 0 Å². The van der Waals surface area contributed by atoms with Gasteiger partial charge in [-0.2, -0.15) is 0 Å². The molecule has 6 aromatic carbocycles. The fourth-order valence-corrected chi connectivity index (χ4v) is 12.8. The molecule has 3 aliphatic heterocycles. The number of alkyl carbamates (subject to hydrolysis) is 1. The number of likely N-dealkylation sites (tertiary alicyclic amines) is 2. The molecular formula is C72H77N17O4. The van der Waals surface area contributed by atoms with E-state index in [4.69, 9.17) is 10.5 Å². The first-order valence-electron chi connectivity index (χ1n) is 31.7. The van der Waals surface area contributed by atoms with E-state index in [0.717, 1.165) is 128 Å². The standard InChI is InChI=1S/C28H32N6O3.C23H24N6O.C21H21N5/c1-28(2,3)37-27(36)31-16-25(35)34-12-8-20(17-34)32-21-14-22(26-23(15-21)29-9-10-30-26)19-6-5-18-7-11-33(4)24(18)13-19;1-28-8-4-15-2-3-16(10-21(15)28)19-11-18(12-20-23(19)26-7-6-25-20)27-17-5-9-29(14-17)22(30)13-24;1-26-9-5-14-2-3-15(10-20(14)26)18-11-17(25-16-4-6-22-13-16)12-19-21(18)24-8-7-23-19/h5-7,9-11,13-15,20,32H,8,12,16-17H2,1-4H3,(H,31,36);2-4,6-8,10-12,17,27H,5,9,13-14,24H2,1H3;2-3,5,7-12,16,22,25H,4,6,13H2,1H3/t20-;17-;16-/m000/s1. The molecule has 0 spiro atoms. The first kappa shape index (κ1) is 61.4. The Morgan fingerprint density at radius 1 is 0.516 bits per heavy atom. The minimum Gasteiger partial charge on any atom is -0.444 e. The van der Waals surface area contributed by atoms with Crippen molar-refractivity contribution in [3.63, 3.8) is 0 Å². The number of hydrogen-bond donors (Lipinski definition) is 6. The summed E-state index contributed by atoms with van der Waals surface area (Å²) in [6.07, 6.45) is 18.9. The first-order valence-corrected chi connectivity index (χ1v) is 31.7. The lowest BCUT2D eigenvalue weighted by Gasteiger charge is -2.21. The molecule has 474 valence electrons. The molecular weight excluding hydrogens is 1170 g/mol. The number of nitrogens with zero attached hydrogens (tertiary/aromatic N) is 11. The van der Waals surface area contributed by atoms with Crippen LogP contribution in [-0.2, 0) is 35.5 Å². The fourth-order valence-electron chi connectivity index (χ4n) is 12.8. The summed E-state index contributed by atoms with van der Waals surface area (Å²) >= 11 is 0. The third-order valence-electron chi connectivity index (χ3n) is 17.5. The quantitative estimate of drug-likeness (QED) is 0.0666. The highest BCUT2D eigenvalue weighted by Gasteiger charge is 2.29. The van der Waals surface area contributed by atoms with Crippen molar-refractivity contribution in [1.82, 2.24) is 64.0 Å². The number of benzene rings is 6. The fraction of sp³-hybridized carbons (Fsp3) is 0.292. The molecule has 6 aromatic heterocycles. The van der Waals surface area contributed by atoms with E-state index in [0.29, 0.717) is 25.7 Å². The summed E-state index contributed by atoms with van der Waals surface area (Å²) in [6.45, 7) is 9.99. The third kappa shape index (κ3) is 13.8. The van der Waals surface area contributed by atoms with E-state index in [9.17, 15) is 14.4 Å². The highest BCUT2D eigenvalue weighted by molar-refractivity contribution is 6.00. The van der Waals surface area contributed by atoms with Crippen LogP contribution in [0.3, 0.4) is 0 Å². The number of hydrogen-bond acceptors (Lipinski definition) is 15. The SMILES string of the molecule is Cn1ccc2ccc(-c3cc(N[C@H]4CCN(C(=O)CN)C4)cc4nccnc34)cc21.Cn1ccc2ccc(-c3cc(N[C@H]4CCN(C(=O)CNC(=O)OC(C)(C)C)C4)cc4nccnc34)cc21.Cn1ccc2ccc(-c3cc(N[C@H]4CCNC4)cc4nccnc34)cc21. The topological polar surface area (TPSA) is 245 Å². The molecule has 93 heavy (non-hydrogen) atoms. The number of rotatable bonds is 12. The predicted molar refractivity (Wildman–Crippen MR) is 370 cm³/mol. The van der Waals surface area contributed by atoms with Gasteiger partial charge >= 0.3 is 6.09 Å². The van der Waals surface area contributed by atoms with E-state index in [1.54, 1.807) is 62.9 Å². The van der Waals surface area contributed by atoms with Gasteiger partial charge in [-0.3, -0.25) is 39.5 Å². The number of amides is 3. The van der Waals surface area contributed by atoms with Crippen LogP contribution in [0.4, 0.5) is 21.9 Å². The van der Waals surface area contributed by atoms with E-state index in [2.05, 4.69) is 200 Å². The Labute approximate surface area is 538 Å². The van der Waals surface area contributed by atoms with Gasteiger partial charge in [-0.05, 0) is 152 Å². The lowest BCUT2D eigenvalue weighted by atomic mass is 10.0. The Balaban J connectivity index is 0.000000129. The Bertz CT molecular complexity index is 4750. The van der Waals surface area contributed by atoms with Gasteiger partial charge in [0.2, 0.25) is 11.8 Å². The molecule has 3 aliphatic rings. The van der Waals surface area contributed by atoms with Crippen molar-refractivity contribution in [3.05, 3.63) is 165 Å². The van der Waals surface area contributed by atoms with Gasteiger partial charge < -0.3 is 60.6 Å². The molecule has 12 aromatic rings. The lowest BCUT2D eigenvalue weighted by Crippen LogP contribution is -2.41. The molecule has 0 saturated carbocycles. The summed E-state index contributed by atoms with van der Waals surface area (Å²) in [7, 11) is 6.17. The molecule has 0 radical (unpaired) electrons. The number of fused-ring (bicyclic) bond motifs is 6. The Hall–Kier alpha value is -10.5. The zero-order valence-electron chi connectivity index (χ0n) is 53.2. The summed E-state index contributed by atoms with van der Waals surface area (Å²) in [5.74, 6) is -0.128. The Kier molecular flexibility index (Phi) is 17.4. The molecule has 3 atom stereocenters. The molecule has 7 N–H and O–H groups in total. The molecule has 21 heteroatoms. The van der Waals surface area contributed by atoms with Gasteiger partial charge in [-0.15, -0.1) is 0 Å². The van der Waals surface area contributed by atoms with Crippen molar-refractivity contribution in [2.45, 2.75) is 63.8 Å². The maximum absolute atomic E-state index is 12.6. The van der Waals surface area contributed by atoms with Gasteiger partial charge in [-0.25, -0.2) is 4.79 Å². The number of nitrogens with two attached hydrogens (primary N) is 1. The minimum atomic E-state index is -0.606. The largest absolute Gasteiger partial charge is 0.444 e. The van der Waals surface area contributed by atoms with Gasteiger partial charge in [-0.1, -0.05) is 36.4 Å². The van der Waals surface area contributed by atoms with Crippen LogP contribution in [0.1, 0.15) is 40.0 Å². The van der Waals surface area contributed by atoms with Crippen molar-refractivity contribution in [2.24, 2.45) is 26.9 Å². The predicted octanol–water partition coefficient (Wildman–Crippen LogP) is 10.6. The van der Waals surface area contributed by atoms with Crippen molar-refractivity contribution < 1.29 is 19.1 Å². The van der Waals surface area contributed by atoms with Crippen LogP contribution in [0.2, 0.25) is 0 Å². The molecule has 0 unspecified atom stereocenters. The number of aromatic nitrogens is 9. The van der Waals surface area contributed by atoms with E-state index in [1.807, 2.05) is 24.1 Å². The molecule has 0 aliphatic carbocycles. The lowest BCUT2D eigenvalue weighted by molar-refractivity contribution is -0.129. The normalized spacial score (nSPS) is 16.4. The summed E-state index contributed by atoms with van der Waals surface area (Å²) < 4.78 is 11.6. The van der Waals surface area contributed by atoms with E-state index >= 15 is 0 Å².